The van der Waals surface area contributed by atoms with Crippen LogP contribution in [0.2, 0.25) is 0 Å². The molecule has 3 N–H and O–H groups in total. The lowest BCUT2D eigenvalue weighted by Crippen LogP contribution is -2.36. The Morgan fingerprint density at radius 3 is 2.64 bits per heavy atom. The lowest BCUT2D eigenvalue weighted by molar-refractivity contribution is -0.0497. The number of para-hydroxylation sites is 1. The van der Waals surface area contributed by atoms with Gasteiger partial charge in [0.25, 0.3) is 0 Å². The third kappa shape index (κ3) is 5.66. The van der Waals surface area contributed by atoms with E-state index in [4.69, 9.17) is 9.47 Å². The van der Waals surface area contributed by atoms with E-state index in [9.17, 15) is 23.1 Å². The second-order valence-electron chi connectivity index (χ2n) is 8.86. The number of hydrogen-bond acceptors (Lipinski definition) is 7. The summed E-state index contributed by atoms with van der Waals surface area (Å²) in [5.41, 5.74) is -0.103. The maximum Gasteiger partial charge on any atom is 0.387 e. The monoisotopic (exact) mass is 545 g/mol. The molecule has 0 bridgehead atoms. The number of carbonyl (C=O) groups excluding carboxylic acids is 1. The molecule has 4 aromatic rings. The van der Waals surface area contributed by atoms with Gasteiger partial charge in [-0.1, -0.05) is 12.1 Å². The van der Waals surface area contributed by atoms with Crippen molar-refractivity contribution in [3.63, 3.8) is 0 Å². The van der Waals surface area contributed by atoms with E-state index < -0.39 is 24.0 Å². The van der Waals surface area contributed by atoms with Crippen LogP contribution >= 0.6 is 0 Å². The topological polar surface area (TPSA) is 106 Å². The molecule has 1 fully saturated rings. The molecular weight excluding hydrogens is 522 g/mol. The summed E-state index contributed by atoms with van der Waals surface area (Å²) in [6.45, 7) is -3.13. The molecular formula is C27H23F4N3O5. The first-order valence-electron chi connectivity index (χ1n) is 12.0. The lowest BCUT2D eigenvalue weighted by Gasteiger charge is -2.30. The summed E-state index contributed by atoms with van der Waals surface area (Å²) < 4.78 is 71.0. The molecule has 1 saturated heterocycles. The van der Waals surface area contributed by atoms with E-state index in [0.717, 1.165) is 12.3 Å². The molecule has 2 aromatic heterocycles. The van der Waals surface area contributed by atoms with Crippen molar-refractivity contribution in [3.8, 4) is 17.2 Å². The third-order valence-electron chi connectivity index (χ3n) is 6.30. The fraction of sp³-hybridized carbons (Fsp3) is 0.259. The Balaban J connectivity index is 1.48. The molecule has 2 aromatic carbocycles. The van der Waals surface area contributed by atoms with Crippen LogP contribution in [0.1, 0.15) is 28.8 Å². The van der Waals surface area contributed by atoms with Crippen LogP contribution in [-0.2, 0) is 4.74 Å². The van der Waals surface area contributed by atoms with Gasteiger partial charge in [-0.15, -0.1) is 0 Å². The van der Waals surface area contributed by atoms with Gasteiger partial charge in [-0.3, -0.25) is 4.79 Å². The van der Waals surface area contributed by atoms with Gasteiger partial charge in [-0.25, -0.2) is 13.8 Å². The van der Waals surface area contributed by atoms with Gasteiger partial charge < -0.3 is 29.6 Å². The number of benzene rings is 2. The van der Waals surface area contributed by atoms with Gasteiger partial charge in [-0.2, -0.15) is 8.78 Å². The first kappa shape index (κ1) is 26.4. The Morgan fingerprint density at radius 1 is 1.13 bits per heavy atom. The van der Waals surface area contributed by atoms with Crippen LogP contribution in [0.25, 0.3) is 11.0 Å². The van der Waals surface area contributed by atoms with Crippen LogP contribution in [0.3, 0.4) is 0 Å². The fourth-order valence-electron chi connectivity index (χ4n) is 4.40. The van der Waals surface area contributed by atoms with E-state index in [1.807, 2.05) is 0 Å². The number of aliphatic hydroxyl groups is 1. The van der Waals surface area contributed by atoms with Crippen molar-refractivity contribution in [2.45, 2.75) is 31.6 Å². The molecule has 0 saturated carbocycles. The minimum Gasteiger partial charge on any atom is -0.454 e. The molecule has 0 unspecified atom stereocenters. The molecule has 0 radical (unpaired) electrons. The van der Waals surface area contributed by atoms with Crippen molar-refractivity contribution in [1.29, 1.82) is 0 Å². The van der Waals surface area contributed by atoms with Gasteiger partial charge in [0.2, 0.25) is 0 Å². The molecule has 1 aliphatic rings. The molecule has 1 aliphatic heterocycles. The maximum atomic E-state index is 15.1. The van der Waals surface area contributed by atoms with Crippen LogP contribution in [-0.4, -0.2) is 52.8 Å². The Hall–Kier alpha value is -4.16. The van der Waals surface area contributed by atoms with Gasteiger partial charge in [0.15, 0.2) is 23.1 Å². The number of nitrogens with one attached hydrogen (secondary N) is 2. The maximum absolute atomic E-state index is 15.1. The van der Waals surface area contributed by atoms with E-state index in [1.54, 1.807) is 6.07 Å². The zero-order valence-electron chi connectivity index (χ0n) is 20.3. The summed E-state index contributed by atoms with van der Waals surface area (Å²) in [5.74, 6) is -2.76. The predicted molar refractivity (Wildman–Crippen MR) is 133 cm³/mol. The summed E-state index contributed by atoms with van der Waals surface area (Å²) in [6, 6.07) is 8.72. The number of pyridine rings is 1. The molecule has 0 spiro atoms. The number of carbonyl (C=O) groups is 1. The van der Waals surface area contributed by atoms with Crippen LogP contribution < -0.4 is 14.8 Å². The van der Waals surface area contributed by atoms with E-state index in [1.165, 1.54) is 36.5 Å². The van der Waals surface area contributed by atoms with Crippen LogP contribution in [0.5, 0.6) is 17.2 Å². The van der Waals surface area contributed by atoms with Crippen molar-refractivity contribution >= 4 is 22.5 Å². The van der Waals surface area contributed by atoms with Crippen molar-refractivity contribution in [2.24, 2.45) is 0 Å². The van der Waals surface area contributed by atoms with Gasteiger partial charge in [0, 0.05) is 18.3 Å². The second kappa shape index (κ2) is 11.3. The molecule has 0 amide bonds. The number of ketones is 1. The van der Waals surface area contributed by atoms with Crippen molar-refractivity contribution in [3.05, 3.63) is 77.6 Å². The predicted octanol–water partition coefficient (Wildman–Crippen LogP) is 5.42. The molecule has 204 valence electrons. The Bertz CT molecular complexity index is 1490. The van der Waals surface area contributed by atoms with Gasteiger partial charge in [-0.05, 0) is 37.1 Å². The number of nitrogens with zero attached hydrogens (tertiary/aromatic N) is 1. The van der Waals surface area contributed by atoms with Gasteiger partial charge in [0.1, 0.15) is 17.2 Å². The average molecular weight is 545 g/mol. The molecule has 8 nitrogen and oxygen atoms in total. The average Bonchev–Trinajstić information content (AvgIpc) is 3.36. The molecule has 2 atom stereocenters. The number of hydrogen-bond donors (Lipinski definition) is 3. The first-order valence-corrected chi connectivity index (χ1v) is 12.0. The smallest absolute Gasteiger partial charge is 0.387 e. The molecule has 12 heteroatoms. The van der Waals surface area contributed by atoms with E-state index in [2.05, 4.69) is 20.0 Å². The van der Waals surface area contributed by atoms with Crippen molar-refractivity contribution < 1.29 is 41.7 Å². The Kier molecular flexibility index (Phi) is 7.66. The van der Waals surface area contributed by atoms with E-state index in [-0.39, 0.29) is 70.5 Å². The number of aromatic nitrogens is 2. The lowest BCUT2D eigenvalue weighted by atomic mass is 10.0. The molecule has 3 heterocycles. The first-order chi connectivity index (χ1) is 18.8. The molecule has 0 aliphatic carbocycles. The van der Waals surface area contributed by atoms with Gasteiger partial charge in [0.05, 0.1) is 47.7 Å². The molecule has 5 rings (SSSR count). The summed E-state index contributed by atoms with van der Waals surface area (Å²) in [6.07, 6.45) is 3.15. The highest BCUT2D eigenvalue weighted by Gasteiger charge is 2.27. The number of alkyl halides is 2. The SMILES string of the molecule is O=C(c1ccc(Oc2ccccc2F)cc1F)c1c[nH]c2ncc(OC(F)F)c(N[C@@H]3CC[C@@H](CO)OC3)c12. The number of halogens is 4. The summed E-state index contributed by atoms with van der Waals surface area (Å²) in [7, 11) is 0. The Labute approximate surface area is 219 Å². The number of anilines is 1. The minimum absolute atomic E-state index is 0.0248. The van der Waals surface area contributed by atoms with Crippen molar-refractivity contribution in [2.75, 3.05) is 18.5 Å². The second-order valence-corrected chi connectivity index (χ2v) is 8.86. The summed E-state index contributed by atoms with van der Waals surface area (Å²) >= 11 is 0. The number of H-pyrrole nitrogens is 1. The van der Waals surface area contributed by atoms with E-state index >= 15 is 4.39 Å². The largest absolute Gasteiger partial charge is 0.454 e. The van der Waals surface area contributed by atoms with Crippen LogP contribution in [0, 0.1) is 11.6 Å². The summed E-state index contributed by atoms with van der Waals surface area (Å²) in [4.78, 5) is 20.4. The minimum atomic E-state index is -3.16. The fourth-order valence-corrected chi connectivity index (χ4v) is 4.40. The highest BCUT2D eigenvalue weighted by atomic mass is 19.3. The number of aliphatic hydroxyl groups excluding tert-OH is 1. The number of rotatable bonds is 9. The number of fused-ring (bicyclic) bond motifs is 1. The summed E-state index contributed by atoms with van der Waals surface area (Å²) in [5, 5.41) is 12.5. The normalized spacial score (nSPS) is 17.4. The highest BCUT2D eigenvalue weighted by Crippen LogP contribution is 2.37. The zero-order chi connectivity index (χ0) is 27.5. The van der Waals surface area contributed by atoms with Crippen molar-refractivity contribution in [1.82, 2.24) is 9.97 Å². The third-order valence-corrected chi connectivity index (χ3v) is 6.30. The highest BCUT2D eigenvalue weighted by molar-refractivity contribution is 6.19. The van der Waals surface area contributed by atoms with Crippen LogP contribution in [0.4, 0.5) is 23.2 Å². The van der Waals surface area contributed by atoms with Gasteiger partial charge >= 0.3 is 6.61 Å². The van der Waals surface area contributed by atoms with Crippen LogP contribution in [0.15, 0.2) is 54.9 Å². The standard InChI is InChI=1S/C27H23F4N3O5/c28-19-3-1-2-4-21(19)38-15-7-8-17(20(29)9-15)25(36)18-10-32-26-23(18)24(22(11-33-26)39-27(30)31)34-14-5-6-16(12-35)37-13-14/h1-4,7-11,14,16,27,35H,5-6,12-13H2,(H2,32,33,34)/t14-,16+/m1/s1. The zero-order valence-corrected chi connectivity index (χ0v) is 20.3. The Morgan fingerprint density at radius 2 is 1.95 bits per heavy atom. The quantitative estimate of drug-likeness (QED) is 0.191. The molecule has 39 heavy (non-hydrogen) atoms. The van der Waals surface area contributed by atoms with E-state index in [0.29, 0.717) is 12.8 Å². The number of aromatic amines is 1. The number of ether oxygens (including phenoxy) is 3.